The lowest BCUT2D eigenvalue weighted by Crippen LogP contribution is -2.49. The summed E-state index contributed by atoms with van der Waals surface area (Å²) >= 11 is 3.53. The van der Waals surface area contributed by atoms with E-state index in [0.717, 1.165) is 42.1 Å². The van der Waals surface area contributed by atoms with Crippen molar-refractivity contribution in [2.75, 3.05) is 32.4 Å². The third-order valence-corrected chi connectivity index (χ3v) is 6.63. The molecule has 0 amide bonds. The molecule has 144 valence electrons. The molecule has 2 unspecified atom stereocenters. The minimum absolute atomic E-state index is 0. The lowest BCUT2D eigenvalue weighted by molar-refractivity contribution is 0.189. The van der Waals surface area contributed by atoms with Crippen molar-refractivity contribution < 1.29 is 0 Å². The summed E-state index contributed by atoms with van der Waals surface area (Å²) in [4.78, 5) is 15.4. The first kappa shape index (κ1) is 21.5. The van der Waals surface area contributed by atoms with Gasteiger partial charge >= 0.3 is 0 Å². The molecule has 0 radical (unpaired) electrons. The quantitative estimate of drug-likeness (QED) is 0.213. The van der Waals surface area contributed by atoms with Crippen LogP contribution < -0.4 is 5.32 Å². The standard InChI is InChI=1S/C17H26N6S2.HI/c1-14-4-8-22(12-15(14)23-9-6-19-13-23)16(18-2)20-5-3-10-24-17-21-7-11-25-17;/h6-7,9,11,13-15H,3-5,8,10,12H2,1-2H3,(H,18,20);1H. The zero-order valence-corrected chi connectivity index (χ0v) is 19.2. The lowest BCUT2D eigenvalue weighted by Gasteiger charge is -2.39. The Balaban J connectivity index is 0.00000243. The fourth-order valence-electron chi connectivity index (χ4n) is 3.14. The molecule has 1 aliphatic rings. The zero-order chi connectivity index (χ0) is 17.5. The maximum Gasteiger partial charge on any atom is 0.193 e. The molecule has 1 fully saturated rings. The lowest BCUT2D eigenvalue weighted by atomic mass is 9.93. The third kappa shape index (κ3) is 5.85. The molecule has 2 atom stereocenters. The number of thioether (sulfide) groups is 1. The number of hydrogen-bond donors (Lipinski definition) is 1. The first-order valence-corrected chi connectivity index (χ1v) is 10.6. The topological polar surface area (TPSA) is 58.3 Å². The number of piperidine rings is 1. The molecule has 2 aromatic rings. The minimum Gasteiger partial charge on any atom is -0.356 e. The van der Waals surface area contributed by atoms with Crippen molar-refractivity contribution in [2.45, 2.75) is 30.1 Å². The number of rotatable bonds is 6. The molecule has 0 spiro atoms. The Morgan fingerprint density at radius 1 is 1.46 bits per heavy atom. The molecule has 6 nitrogen and oxygen atoms in total. The Labute approximate surface area is 180 Å². The third-order valence-electron chi connectivity index (χ3n) is 4.58. The normalized spacial score (nSPS) is 20.7. The molecule has 1 saturated heterocycles. The van der Waals surface area contributed by atoms with Crippen LogP contribution in [0.2, 0.25) is 0 Å². The summed E-state index contributed by atoms with van der Waals surface area (Å²) in [6.45, 7) is 5.30. The Kier molecular flexibility index (Phi) is 9.20. The molecule has 0 aromatic carbocycles. The van der Waals surface area contributed by atoms with Gasteiger partial charge in [-0.2, -0.15) is 0 Å². The van der Waals surface area contributed by atoms with Gasteiger partial charge in [0.15, 0.2) is 5.96 Å². The molecule has 9 heteroatoms. The average Bonchev–Trinajstić information content (AvgIpc) is 3.32. The highest BCUT2D eigenvalue weighted by Gasteiger charge is 2.28. The molecule has 3 rings (SSSR count). The van der Waals surface area contributed by atoms with Crippen LogP contribution in [0.1, 0.15) is 25.8 Å². The second-order valence-electron chi connectivity index (χ2n) is 6.26. The van der Waals surface area contributed by atoms with Gasteiger partial charge in [0.2, 0.25) is 0 Å². The average molecular weight is 506 g/mol. The van der Waals surface area contributed by atoms with Gasteiger partial charge in [-0.15, -0.1) is 35.3 Å². The van der Waals surface area contributed by atoms with Gasteiger partial charge in [0.05, 0.1) is 12.4 Å². The summed E-state index contributed by atoms with van der Waals surface area (Å²) in [6, 6.07) is 0.454. The Bertz CT molecular complexity index is 646. The van der Waals surface area contributed by atoms with E-state index in [1.165, 1.54) is 6.42 Å². The molecule has 0 aliphatic carbocycles. The van der Waals surface area contributed by atoms with Gasteiger partial charge in [0.25, 0.3) is 0 Å². The molecule has 2 aromatic heterocycles. The molecule has 1 aliphatic heterocycles. The van der Waals surface area contributed by atoms with E-state index in [9.17, 15) is 0 Å². The summed E-state index contributed by atoms with van der Waals surface area (Å²) in [7, 11) is 1.87. The number of hydrogen-bond acceptors (Lipinski definition) is 5. The summed E-state index contributed by atoms with van der Waals surface area (Å²) in [6.07, 6.45) is 9.98. The summed E-state index contributed by atoms with van der Waals surface area (Å²) < 4.78 is 3.38. The van der Waals surface area contributed by atoms with Crippen LogP contribution in [-0.4, -0.2) is 57.8 Å². The van der Waals surface area contributed by atoms with Gasteiger partial charge in [0, 0.05) is 56.4 Å². The first-order valence-electron chi connectivity index (χ1n) is 8.73. The van der Waals surface area contributed by atoms with E-state index >= 15 is 0 Å². The van der Waals surface area contributed by atoms with Crippen molar-refractivity contribution in [1.29, 1.82) is 0 Å². The predicted octanol–water partition coefficient (Wildman–Crippen LogP) is 3.60. The number of thiazole rings is 1. The van der Waals surface area contributed by atoms with Crippen LogP contribution in [0.25, 0.3) is 0 Å². The van der Waals surface area contributed by atoms with Crippen molar-refractivity contribution in [2.24, 2.45) is 10.9 Å². The summed E-state index contributed by atoms with van der Waals surface area (Å²) in [5.74, 6) is 2.74. The number of halogens is 1. The van der Waals surface area contributed by atoms with Crippen molar-refractivity contribution in [3.05, 3.63) is 30.3 Å². The SMILES string of the molecule is CN=C(NCCCSc1nccs1)N1CCC(C)C(n2ccnc2)C1.I. The number of likely N-dealkylation sites (tertiary alicyclic amines) is 1. The van der Waals surface area contributed by atoms with E-state index in [0.29, 0.717) is 12.0 Å². The Morgan fingerprint density at radius 3 is 3.04 bits per heavy atom. The van der Waals surface area contributed by atoms with Gasteiger partial charge in [-0.05, 0) is 18.8 Å². The van der Waals surface area contributed by atoms with Gasteiger partial charge in [-0.1, -0.05) is 18.7 Å². The van der Waals surface area contributed by atoms with Crippen molar-refractivity contribution in [3.8, 4) is 0 Å². The molecule has 26 heavy (non-hydrogen) atoms. The molecular formula is C17H27IN6S2. The van der Waals surface area contributed by atoms with Gasteiger partial charge < -0.3 is 14.8 Å². The second-order valence-corrected chi connectivity index (χ2v) is 8.50. The van der Waals surface area contributed by atoms with E-state index in [-0.39, 0.29) is 24.0 Å². The fourth-order valence-corrected chi connectivity index (χ4v) is 4.79. The van der Waals surface area contributed by atoms with E-state index < -0.39 is 0 Å². The molecule has 1 N–H and O–H groups in total. The number of aliphatic imine (C=N–C) groups is 1. The van der Waals surface area contributed by atoms with Crippen LogP contribution in [0.5, 0.6) is 0 Å². The monoisotopic (exact) mass is 506 g/mol. The maximum absolute atomic E-state index is 4.49. The highest BCUT2D eigenvalue weighted by molar-refractivity contribution is 14.0. The van der Waals surface area contributed by atoms with E-state index in [4.69, 9.17) is 0 Å². The van der Waals surface area contributed by atoms with E-state index in [2.05, 4.69) is 42.9 Å². The highest BCUT2D eigenvalue weighted by atomic mass is 127. The fraction of sp³-hybridized carbons (Fsp3) is 0.588. The van der Waals surface area contributed by atoms with E-state index in [1.807, 2.05) is 42.9 Å². The Morgan fingerprint density at radius 2 is 2.35 bits per heavy atom. The molecule has 3 heterocycles. The van der Waals surface area contributed by atoms with Crippen LogP contribution in [0.15, 0.2) is 39.6 Å². The summed E-state index contributed by atoms with van der Waals surface area (Å²) in [5, 5.41) is 5.54. The number of guanidine groups is 1. The molecule has 0 bridgehead atoms. The number of imidazole rings is 1. The van der Waals surface area contributed by atoms with Crippen LogP contribution in [0.4, 0.5) is 0 Å². The van der Waals surface area contributed by atoms with Gasteiger partial charge in [-0.25, -0.2) is 9.97 Å². The Hall–Kier alpha value is -0.810. The largest absolute Gasteiger partial charge is 0.356 e. The molecule has 0 saturated carbocycles. The predicted molar refractivity (Wildman–Crippen MR) is 121 cm³/mol. The number of nitrogens with zero attached hydrogens (tertiary/aromatic N) is 5. The maximum atomic E-state index is 4.49. The molecular weight excluding hydrogens is 479 g/mol. The zero-order valence-electron chi connectivity index (χ0n) is 15.2. The van der Waals surface area contributed by atoms with Crippen molar-refractivity contribution in [3.63, 3.8) is 0 Å². The van der Waals surface area contributed by atoms with Crippen LogP contribution >= 0.6 is 47.1 Å². The number of nitrogens with one attached hydrogen (secondary N) is 1. The summed E-state index contributed by atoms with van der Waals surface area (Å²) in [5.41, 5.74) is 0. The smallest absolute Gasteiger partial charge is 0.193 e. The van der Waals surface area contributed by atoms with Crippen LogP contribution in [0, 0.1) is 5.92 Å². The van der Waals surface area contributed by atoms with Gasteiger partial charge in [0.1, 0.15) is 4.34 Å². The minimum atomic E-state index is 0. The second kappa shape index (κ2) is 11.1. The van der Waals surface area contributed by atoms with Crippen LogP contribution in [0.3, 0.4) is 0 Å². The first-order chi connectivity index (χ1) is 12.3. The van der Waals surface area contributed by atoms with E-state index in [1.54, 1.807) is 11.3 Å². The van der Waals surface area contributed by atoms with Crippen molar-refractivity contribution >= 4 is 53.0 Å². The van der Waals surface area contributed by atoms with Crippen LogP contribution in [-0.2, 0) is 0 Å². The van der Waals surface area contributed by atoms with Crippen molar-refractivity contribution in [1.82, 2.24) is 24.8 Å². The number of aromatic nitrogens is 3. The highest BCUT2D eigenvalue weighted by Crippen LogP contribution is 2.27. The van der Waals surface area contributed by atoms with Gasteiger partial charge in [-0.3, -0.25) is 4.99 Å².